The fourth-order valence-corrected chi connectivity index (χ4v) is 6.78. The Labute approximate surface area is 221 Å². The van der Waals surface area contributed by atoms with Gasteiger partial charge in [-0.3, -0.25) is 9.59 Å². The second kappa shape index (κ2) is 10.5. The van der Waals surface area contributed by atoms with Crippen LogP contribution in [0, 0.1) is 0 Å². The number of aromatic nitrogens is 2. The van der Waals surface area contributed by atoms with Gasteiger partial charge in [-0.05, 0) is 48.8 Å². The molecule has 2 aromatic heterocycles. The molecule has 2 saturated heterocycles. The summed E-state index contributed by atoms with van der Waals surface area (Å²) < 4.78 is 0. The zero-order chi connectivity index (χ0) is 25.2. The highest BCUT2D eigenvalue weighted by Gasteiger charge is 2.29. The molecule has 2 fully saturated rings. The van der Waals surface area contributed by atoms with Crippen LogP contribution < -0.4 is 0 Å². The maximum atomic E-state index is 13.2. The van der Waals surface area contributed by atoms with Crippen molar-refractivity contribution < 1.29 is 9.59 Å². The number of carbonyl (C=O) groups is 2. The number of fused-ring (bicyclic) bond motifs is 1. The van der Waals surface area contributed by atoms with E-state index in [1.54, 1.807) is 11.3 Å². The minimum Gasteiger partial charge on any atom is -0.361 e. The van der Waals surface area contributed by atoms with Crippen LogP contribution in [0.5, 0.6) is 0 Å². The van der Waals surface area contributed by atoms with E-state index >= 15 is 0 Å². The molecule has 0 atom stereocenters. The van der Waals surface area contributed by atoms with Gasteiger partial charge in [-0.2, -0.15) is 0 Å². The predicted molar refractivity (Wildman–Crippen MR) is 147 cm³/mol. The van der Waals surface area contributed by atoms with Crippen LogP contribution in [-0.2, 0) is 11.2 Å². The Hall–Kier alpha value is -3.45. The van der Waals surface area contributed by atoms with Gasteiger partial charge in [0.15, 0.2) is 0 Å². The molecule has 0 aliphatic carbocycles. The zero-order valence-corrected chi connectivity index (χ0v) is 21.8. The van der Waals surface area contributed by atoms with E-state index < -0.39 is 0 Å². The van der Waals surface area contributed by atoms with Gasteiger partial charge < -0.3 is 14.8 Å². The Morgan fingerprint density at radius 3 is 2.32 bits per heavy atom. The number of amides is 2. The Morgan fingerprint density at radius 1 is 0.865 bits per heavy atom. The number of para-hydroxylation sites is 1. The first-order valence-corrected chi connectivity index (χ1v) is 14.2. The lowest BCUT2D eigenvalue weighted by molar-refractivity contribution is -0.131. The molecule has 0 unspecified atom stereocenters. The van der Waals surface area contributed by atoms with Crippen molar-refractivity contribution in [1.82, 2.24) is 19.8 Å². The summed E-state index contributed by atoms with van der Waals surface area (Å²) in [4.78, 5) is 38.0. The standard InChI is InChI=1S/C30H32N4O2S/c35-28(18-21-6-2-1-3-7-21)33-14-12-23(13-15-33)29-32-27(20-37-29)30(36)34-16-10-22(11-17-34)25-19-31-26-9-5-4-8-24(25)26/h1-9,19-20,22-23,31H,10-18H2. The van der Waals surface area contributed by atoms with E-state index in [0.29, 0.717) is 24.0 Å². The number of carbonyl (C=O) groups excluding carboxylic acids is 2. The van der Waals surface area contributed by atoms with Crippen molar-refractivity contribution in [3.05, 3.63) is 88.0 Å². The molecule has 2 aromatic carbocycles. The monoisotopic (exact) mass is 512 g/mol. The number of piperidine rings is 2. The van der Waals surface area contributed by atoms with Crippen LogP contribution in [0.3, 0.4) is 0 Å². The smallest absolute Gasteiger partial charge is 0.273 e. The topological polar surface area (TPSA) is 69.3 Å². The summed E-state index contributed by atoms with van der Waals surface area (Å²) in [5.41, 5.74) is 4.18. The number of nitrogens with one attached hydrogen (secondary N) is 1. The largest absolute Gasteiger partial charge is 0.361 e. The van der Waals surface area contributed by atoms with Crippen molar-refractivity contribution in [3.8, 4) is 0 Å². The summed E-state index contributed by atoms with van der Waals surface area (Å²) in [6.07, 6.45) is 6.34. The second-order valence-electron chi connectivity index (χ2n) is 10.2. The Kier molecular flexibility index (Phi) is 6.79. The lowest BCUT2D eigenvalue weighted by atomic mass is 9.89. The van der Waals surface area contributed by atoms with Crippen molar-refractivity contribution in [2.75, 3.05) is 26.2 Å². The average Bonchev–Trinajstić information content (AvgIpc) is 3.62. The van der Waals surface area contributed by atoms with Gasteiger partial charge >= 0.3 is 0 Å². The van der Waals surface area contributed by atoms with Crippen molar-refractivity contribution in [2.45, 2.75) is 43.9 Å². The third kappa shape index (κ3) is 5.05. The van der Waals surface area contributed by atoms with Gasteiger partial charge in [-0.25, -0.2) is 4.98 Å². The molecule has 0 radical (unpaired) electrons. The molecule has 1 N–H and O–H groups in total. The summed E-state index contributed by atoms with van der Waals surface area (Å²) in [5, 5.41) is 4.26. The molecule has 4 heterocycles. The van der Waals surface area contributed by atoms with Gasteiger partial charge in [0.25, 0.3) is 5.91 Å². The van der Waals surface area contributed by atoms with Crippen molar-refractivity contribution >= 4 is 34.1 Å². The molecule has 6 nitrogen and oxygen atoms in total. The summed E-state index contributed by atoms with van der Waals surface area (Å²) >= 11 is 1.59. The van der Waals surface area contributed by atoms with Gasteiger partial charge in [-0.15, -0.1) is 11.3 Å². The molecule has 0 spiro atoms. The van der Waals surface area contributed by atoms with E-state index in [-0.39, 0.29) is 11.8 Å². The van der Waals surface area contributed by atoms with Crippen molar-refractivity contribution in [3.63, 3.8) is 0 Å². The van der Waals surface area contributed by atoms with Crippen LogP contribution in [-0.4, -0.2) is 57.8 Å². The van der Waals surface area contributed by atoms with E-state index in [2.05, 4.69) is 35.4 Å². The van der Waals surface area contributed by atoms with Crippen LogP contribution in [0.15, 0.2) is 66.2 Å². The first-order valence-electron chi connectivity index (χ1n) is 13.3. The molecule has 2 aliphatic heterocycles. The summed E-state index contributed by atoms with van der Waals surface area (Å²) in [5.74, 6) is 1.03. The predicted octanol–water partition coefficient (Wildman–Crippen LogP) is 5.59. The number of hydrogen-bond acceptors (Lipinski definition) is 4. The fourth-order valence-electron chi connectivity index (χ4n) is 5.82. The van der Waals surface area contributed by atoms with E-state index in [4.69, 9.17) is 4.98 Å². The Balaban J connectivity index is 1.02. The number of aromatic amines is 1. The average molecular weight is 513 g/mol. The summed E-state index contributed by atoms with van der Waals surface area (Å²) in [6.45, 7) is 3.02. The minimum atomic E-state index is 0.0513. The molecule has 0 bridgehead atoms. The Morgan fingerprint density at radius 2 is 1.54 bits per heavy atom. The zero-order valence-electron chi connectivity index (χ0n) is 20.9. The van der Waals surface area contributed by atoms with Gasteiger partial charge in [-0.1, -0.05) is 48.5 Å². The highest BCUT2D eigenvalue weighted by molar-refractivity contribution is 7.09. The number of rotatable bonds is 5. The molecule has 6 rings (SSSR count). The summed E-state index contributed by atoms with van der Waals surface area (Å²) in [7, 11) is 0. The van der Waals surface area contributed by atoms with Gasteiger partial charge in [0.2, 0.25) is 5.91 Å². The highest BCUT2D eigenvalue weighted by Crippen LogP contribution is 2.34. The van der Waals surface area contributed by atoms with Gasteiger partial charge in [0.05, 0.1) is 11.4 Å². The SMILES string of the molecule is O=C(Cc1ccccc1)N1CCC(c2nc(C(=O)N3CCC(c4c[nH]c5ccccc45)CC3)cs2)CC1. The number of hydrogen-bond donors (Lipinski definition) is 1. The van der Waals surface area contributed by atoms with E-state index in [9.17, 15) is 9.59 Å². The molecule has 2 aliphatic rings. The fraction of sp³-hybridized carbons (Fsp3) is 0.367. The minimum absolute atomic E-state index is 0.0513. The lowest BCUT2D eigenvalue weighted by Gasteiger charge is -2.32. The number of thiazole rings is 1. The van der Waals surface area contributed by atoms with Crippen LogP contribution >= 0.6 is 11.3 Å². The maximum Gasteiger partial charge on any atom is 0.273 e. The first kappa shape index (κ1) is 23.9. The van der Waals surface area contributed by atoms with Gasteiger partial charge in [0.1, 0.15) is 5.69 Å². The third-order valence-corrected chi connectivity index (χ3v) is 8.99. The van der Waals surface area contributed by atoms with Crippen LogP contribution in [0.1, 0.15) is 64.1 Å². The van der Waals surface area contributed by atoms with E-state index in [1.165, 1.54) is 16.5 Å². The first-order chi connectivity index (χ1) is 18.2. The van der Waals surface area contributed by atoms with Crippen LogP contribution in [0.4, 0.5) is 0 Å². The molecule has 4 aromatic rings. The Bertz CT molecular complexity index is 1380. The molecule has 37 heavy (non-hydrogen) atoms. The highest BCUT2D eigenvalue weighted by atomic mass is 32.1. The number of nitrogens with zero attached hydrogens (tertiary/aromatic N) is 3. The number of H-pyrrole nitrogens is 1. The number of benzene rings is 2. The molecular weight excluding hydrogens is 480 g/mol. The van der Waals surface area contributed by atoms with E-state index in [1.807, 2.05) is 45.5 Å². The molecular formula is C30H32N4O2S. The lowest BCUT2D eigenvalue weighted by Crippen LogP contribution is -2.39. The molecule has 7 heteroatoms. The van der Waals surface area contributed by atoms with Gasteiger partial charge in [0, 0.05) is 54.6 Å². The number of likely N-dealkylation sites (tertiary alicyclic amines) is 2. The third-order valence-electron chi connectivity index (χ3n) is 7.98. The van der Waals surface area contributed by atoms with Crippen LogP contribution in [0.2, 0.25) is 0 Å². The van der Waals surface area contributed by atoms with Crippen LogP contribution in [0.25, 0.3) is 10.9 Å². The molecule has 2 amide bonds. The summed E-state index contributed by atoms with van der Waals surface area (Å²) in [6, 6.07) is 18.4. The van der Waals surface area contributed by atoms with Crippen molar-refractivity contribution in [2.24, 2.45) is 0 Å². The van der Waals surface area contributed by atoms with E-state index in [0.717, 1.165) is 62.4 Å². The maximum absolute atomic E-state index is 13.2. The van der Waals surface area contributed by atoms with Crippen molar-refractivity contribution in [1.29, 1.82) is 0 Å². The quantitative estimate of drug-likeness (QED) is 0.379. The molecule has 0 saturated carbocycles. The second-order valence-corrected chi connectivity index (χ2v) is 11.1. The normalized spacial score (nSPS) is 17.4. The molecule has 190 valence electrons.